The minimum Gasteiger partial charge on any atom is -0.497 e. The van der Waals surface area contributed by atoms with Gasteiger partial charge in [0.1, 0.15) is 11.6 Å². The Morgan fingerprint density at radius 2 is 1.87 bits per heavy atom. The summed E-state index contributed by atoms with van der Waals surface area (Å²) < 4.78 is 5.22. The summed E-state index contributed by atoms with van der Waals surface area (Å²) in [7, 11) is 1.67. The molecule has 23 heavy (non-hydrogen) atoms. The molecule has 0 unspecified atom stereocenters. The monoisotopic (exact) mass is 312 g/mol. The summed E-state index contributed by atoms with van der Waals surface area (Å²) in [6.45, 7) is 4.04. The number of hydrogen-bond donors (Lipinski definition) is 1. The SMILES string of the molecule is CCc1cc(N2CCC(N)CC2)nc(-c2ccc(OC)cc2)n1. The van der Waals surface area contributed by atoms with Gasteiger partial charge in [0.15, 0.2) is 5.82 Å². The molecule has 122 valence electrons. The van der Waals surface area contributed by atoms with Crippen LogP contribution in [-0.2, 0) is 6.42 Å². The molecule has 0 amide bonds. The highest BCUT2D eigenvalue weighted by Gasteiger charge is 2.18. The highest BCUT2D eigenvalue weighted by atomic mass is 16.5. The molecule has 0 atom stereocenters. The van der Waals surface area contributed by atoms with Crippen molar-refractivity contribution in [3.05, 3.63) is 36.0 Å². The number of aryl methyl sites for hydroxylation is 1. The van der Waals surface area contributed by atoms with Crippen molar-refractivity contribution in [2.24, 2.45) is 5.73 Å². The molecular formula is C18H24N4O. The number of ether oxygens (including phenoxy) is 1. The fourth-order valence-corrected chi connectivity index (χ4v) is 2.82. The van der Waals surface area contributed by atoms with Crippen molar-refractivity contribution in [1.29, 1.82) is 0 Å². The van der Waals surface area contributed by atoms with Gasteiger partial charge in [0.25, 0.3) is 0 Å². The normalized spacial score (nSPS) is 15.7. The van der Waals surface area contributed by atoms with Crippen LogP contribution >= 0.6 is 0 Å². The van der Waals surface area contributed by atoms with Crippen molar-refractivity contribution < 1.29 is 4.74 Å². The largest absolute Gasteiger partial charge is 0.497 e. The number of nitrogens with zero attached hydrogens (tertiary/aromatic N) is 3. The number of rotatable bonds is 4. The molecule has 5 heteroatoms. The quantitative estimate of drug-likeness (QED) is 0.940. The second-order valence-electron chi connectivity index (χ2n) is 5.95. The van der Waals surface area contributed by atoms with E-state index in [1.54, 1.807) is 7.11 Å². The van der Waals surface area contributed by atoms with Crippen LogP contribution in [0.2, 0.25) is 0 Å². The fourth-order valence-electron chi connectivity index (χ4n) is 2.82. The number of benzene rings is 1. The third-order valence-corrected chi connectivity index (χ3v) is 4.34. The average Bonchev–Trinajstić information content (AvgIpc) is 2.62. The van der Waals surface area contributed by atoms with Crippen molar-refractivity contribution in [3.63, 3.8) is 0 Å². The highest BCUT2D eigenvalue weighted by Crippen LogP contribution is 2.24. The molecule has 2 N–H and O–H groups in total. The predicted molar refractivity (Wildman–Crippen MR) is 92.8 cm³/mol. The Balaban J connectivity index is 1.92. The molecule has 1 fully saturated rings. The van der Waals surface area contributed by atoms with Gasteiger partial charge in [-0.1, -0.05) is 6.92 Å². The molecule has 3 rings (SSSR count). The van der Waals surface area contributed by atoms with Crippen LogP contribution in [0.25, 0.3) is 11.4 Å². The molecule has 0 saturated carbocycles. The topological polar surface area (TPSA) is 64.3 Å². The molecule has 2 heterocycles. The Labute approximate surface area is 137 Å². The molecule has 0 aliphatic carbocycles. The number of piperidine rings is 1. The lowest BCUT2D eigenvalue weighted by atomic mass is 10.1. The smallest absolute Gasteiger partial charge is 0.161 e. The molecule has 1 aromatic carbocycles. The zero-order chi connectivity index (χ0) is 16.2. The Bertz CT molecular complexity index is 649. The minimum atomic E-state index is 0.319. The second kappa shape index (κ2) is 6.96. The number of nitrogens with two attached hydrogens (primary N) is 1. The van der Waals surface area contributed by atoms with Gasteiger partial charge in [-0.3, -0.25) is 0 Å². The fraction of sp³-hybridized carbons (Fsp3) is 0.444. The molecule has 0 bridgehead atoms. The van der Waals surface area contributed by atoms with Crippen LogP contribution in [-0.4, -0.2) is 36.2 Å². The van der Waals surface area contributed by atoms with E-state index in [0.29, 0.717) is 6.04 Å². The first-order valence-electron chi connectivity index (χ1n) is 8.22. The van der Waals surface area contributed by atoms with E-state index < -0.39 is 0 Å². The lowest BCUT2D eigenvalue weighted by Gasteiger charge is -2.31. The summed E-state index contributed by atoms with van der Waals surface area (Å²) in [6, 6.07) is 10.3. The van der Waals surface area contributed by atoms with Crippen LogP contribution in [0, 0.1) is 0 Å². The van der Waals surface area contributed by atoms with Gasteiger partial charge in [-0.05, 0) is 43.5 Å². The maximum Gasteiger partial charge on any atom is 0.161 e. The van der Waals surface area contributed by atoms with E-state index in [9.17, 15) is 0 Å². The lowest BCUT2D eigenvalue weighted by Crippen LogP contribution is -2.40. The number of hydrogen-bond acceptors (Lipinski definition) is 5. The van der Waals surface area contributed by atoms with E-state index in [1.165, 1.54) is 0 Å². The zero-order valence-corrected chi connectivity index (χ0v) is 13.8. The molecule has 1 saturated heterocycles. The predicted octanol–water partition coefficient (Wildman–Crippen LogP) is 2.64. The van der Waals surface area contributed by atoms with Crippen LogP contribution in [0.5, 0.6) is 5.75 Å². The van der Waals surface area contributed by atoms with Crippen LogP contribution in [0.1, 0.15) is 25.5 Å². The molecular weight excluding hydrogens is 288 g/mol. The Morgan fingerprint density at radius 3 is 2.48 bits per heavy atom. The summed E-state index contributed by atoms with van der Waals surface area (Å²) in [6.07, 6.45) is 2.93. The maximum absolute atomic E-state index is 6.01. The van der Waals surface area contributed by atoms with Gasteiger partial charge in [0, 0.05) is 36.5 Å². The van der Waals surface area contributed by atoms with Gasteiger partial charge in [-0.2, -0.15) is 0 Å². The molecule has 0 spiro atoms. The first-order chi connectivity index (χ1) is 11.2. The van der Waals surface area contributed by atoms with Gasteiger partial charge >= 0.3 is 0 Å². The van der Waals surface area contributed by atoms with E-state index in [4.69, 9.17) is 15.5 Å². The highest BCUT2D eigenvalue weighted by molar-refractivity contribution is 5.59. The van der Waals surface area contributed by atoms with E-state index in [0.717, 1.165) is 61.0 Å². The maximum atomic E-state index is 6.01. The molecule has 5 nitrogen and oxygen atoms in total. The third-order valence-electron chi connectivity index (χ3n) is 4.34. The van der Waals surface area contributed by atoms with Gasteiger partial charge in [0.05, 0.1) is 7.11 Å². The summed E-state index contributed by atoms with van der Waals surface area (Å²) in [4.78, 5) is 11.8. The third kappa shape index (κ3) is 3.62. The van der Waals surface area contributed by atoms with Crippen molar-refractivity contribution in [3.8, 4) is 17.1 Å². The van der Waals surface area contributed by atoms with Crippen LogP contribution in [0.15, 0.2) is 30.3 Å². The molecule has 0 radical (unpaired) electrons. The first kappa shape index (κ1) is 15.7. The molecule has 2 aromatic rings. The Hall–Kier alpha value is -2.14. The van der Waals surface area contributed by atoms with Crippen molar-refractivity contribution in [2.45, 2.75) is 32.2 Å². The Morgan fingerprint density at radius 1 is 1.17 bits per heavy atom. The molecule has 1 aliphatic rings. The van der Waals surface area contributed by atoms with E-state index >= 15 is 0 Å². The minimum absolute atomic E-state index is 0.319. The van der Waals surface area contributed by atoms with Crippen molar-refractivity contribution in [2.75, 3.05) is 25.1 Å². The van der Waals surface area contributed by atoms with Crippen molar-refractivity contribution in [1.82, 2.24) is 9.97 Å². The molecule has 1 aromatic heterocycles. The standard InChI is InChI=1S/C18H24N4O/c1-3-15-12-17(22-10-8-14(19)9-11-22)21-18(20-15)13-4-6-16(23-2)7-5-13/h4-7,12,14H,3,8-11,19H2,1-2H3. The average molecular weight is 312 g/mol. The van der Waals surface area contributed by atoms with Gasteiger partial charge in [-0.25, -0.2) is 9.97 Å². The summed E-state index contributed by atoms with van der Waals surface area (Å²) in [5.41, 5.74) is 8.08. The molecule has 1 aliphatic heterocycles. The van der Waals surface area contributed by atoms with E-state index in [1.807, 2.05) is 24.3 Å². The Kier molecular flexibility index (Phi) is 4.76. The van der Waals surface area contributed by atoms with Crippen LogP contribution in [0.4, 0.5) is 5.82 Å². The first-order valence-corrected chi connectivity index (χ1v) is 8.22. The number of methoxy groups -OCH3 is 1. The number of aromatic nitrogens is 2. The van der Waals surface area contributed by atoms with E-state index in [2.05, 4.69) is 22.9 Å². The van der Waals surface area contributed by atoms with Gasteiger partial charge in [-0.15, -0.1) is 0 Å². The van der Waals surface area contributed by atoms with Crippen molar-refractivity contribution >= 4 is 5.82 Å². The van der Waals surface area contributed by atoms with Crippen LogP contribution in [0.3, 0.4) is 0 Å². The van der Waals surface area contributed by atoms with Gasteiger partial charge in [0.2, 0.25) is 0 Å². The number of anilines is 1. The second-order valence-corrected chi connectivity index (χ2v) is 5.95. The summed E-state index contributed by atoms with van der Waals surface area (Å²) in [5, 5.41) is 0. The van der Waals surface area contributed by atoms with Gasteiger partial charge < -0.3 is 15.4 Å². The summed E-state index contributed by atoms with van der Waals surface area (Å²) >= 11 is 0. The zero-order valence-electron chi connectivity index (χ0n) is 13.8. The van der Waals surface area contributed by atoms with E-state index in [-0.39, 0.29) is 0 Å². The van der Waals surface area contributed by atoms with Crippen LogP contribution < -0.4 is 15.4 Å². The summed E-state index contributed by atoms with van der Waals surface area (Å²) in [5.74, 6) is 2.62. The lowest BCUT2D eigenvalue weighted by molar-refractivity contribution is 0.415.